The molecule has 0 aliphatic rings. The number of aromatic nitrogens is 1. The number of nitrogens with zero attached hydrogens (tertiary/aromatic N) is 2. The standard InChI is InChI=1S/C26H28FN3O4S/c1-4-14-33-23-12-10-19(16-24(23)34-15-5-2)28-25(32)13-11-20-17-35-26(29-20)30(18(3)31)22-9-7-6-8-21(22)27/h6-13,16-17H,4-5,14-15H2,1-3H3,(H,28,32)/b13-11+. The van der Waals surface area contributed by atoms with Crippen LogP contribution in [-0.4, -0.2) is 30.0 Å². The molecule has 0 unspecified atom stereocenters. The lowest BCUT2D eigenvalue weighted by molar-refractivity contribution is -0.116. The van der Waals surface area contributed by atoms with Crippen molar-refractivity contribution in [1.82, 2.24) is 4.98 Å². The molecule has 0 atom stereocenters. The van der Waals surface area contributed by atoms with Gasteiger partial charge in [-0.05, 0) is 43.2 Å². The molecule has 2 amide bonds. The van der Waals surface area contributed by atoms with Crippen molar-refractivity contribution in [3.8, 4) is 11.5 Å². The van der Waals surface area contributed by atoms with Gasteiger partial charge in [-0.15, -0.1) is 11.3 Å². The number of nitrogens with one attached hydrogen (secondary N) is 1. The third kappa shape index (κ3) is 7.13. The van der Waals surface area contributed by atoms with Gasteiger partial charge in [-0.1, -0.05) is 26.0 Å². The molecular formula is C26H28FN3O4S. The van der Waals surface area contributed by atoms with Crippen molar-refractivity contribution in [2.75, 3.05) is 23.4 Å². The Bertz CT molecular complexity index is 1190. The van der Waals surface area contributed by atoms with Crippen LogP contribution in [0.1, 0.15) is 39.3 Å². The van der Waals surface area contributed by atoms with Crippen molar-refractivity contribution in [2.24, 2.45) is 0 Å². The van der Waals surface area contributed by atoms with Crippen molar-refractivity contribution >= 4 is 45.7 Å². The molecule has 0 aliphatic carbocycles. The van der Waals surface area contributed by atoms with Crippen molar-refractivity contribution in [1.29, 1.82) is 0 Å². The maximum absolute atomic E-state index is 14.2. The molecule has 1 N–H and O–H groups in total. The molecule has 35 heavy (non-hydrogen) atoms. The number of ether oxygens (including phenoxy) is 2. The van der Waals surface area contributed by atoms with Gasteiger partial charge in [0.15, 0.2) is 16.6 Å². The van der Waals surface area contributed by atoms with E-state index in [1.807, 2.05) is 13.8 Å². The van der Waals surface area contributed by atoms with Crippen LogP contribution in [0, 0.1) is 5.82 Å². The fraction of sp³-hybridized carbons (Fsp3) is 0.269. The van der Waals surface area contributed by atoms with Gasteiger partial charge >= 0.3 is 0 Å². The van der Waals surface area contributed by atoms with E-state index in [1.165, 1.54) is 47.4 Å². The van der Waals surface area contributed by atoms with E-state index in [2.05, 4.69) is 10.3 Å². The highest BCUT2D eigenvalue weighted by Gasteiger charge is 2.20. The highest BCUT2D eigenvalue weighted by molar-refractivity contribution is 7.14. The first kappa shape index (κ1) is 25.9. The number of halogens is 1. The predicted molar refractivity (Wildman–Crippen MR) is 137 cm³/mol. The molecule has 3 aromatic rings. The first-order valence-electron chi connectivity index (χ1n) is 11.3. The molecule has 184 valence electrons. The van der Waals surface area contributed by atoms with E-state index < -0.39 is 5.82 Å². The number of rotatable bonds is 11. The van der Waals surface area contributed by atoms with Crippen LogP contribution in [0.5, 0.6) is 11.5 Å². The Hall–Kier alpha value is -3.72. The van der Waals surface area contributed by atoms with Gasteiger partial charge in [0.1, 0.15) is 5.82 Å². The van der Waals surface area contributed by atoms with Crippen LogP contribution in [0.3, 0.4) is 0 Å². The second-order valence-electron chi connectivity index (χ2n) is 7.54. The summed E-state index contributed by atoms with van der Waals surface area (Å²) >= 11 is 1.18. The topological polar surface area (TPSA) is 80.8 Å². The summed E-state index contributed by atoms with van der Waals surface area (Å²) in [4.78, 5) is 30.2. The lowest BCUT2D eigenvalue weighted by Crippen LogP contribution is -2.23. The number of thiazole rings is 1. The van der Waals surface area contributed by atoms with E-state index in [1.54, 1.807) is 35.7 Å². The lowest BCUT2D eigenvalue weighted by atomic mass is 10.2. The molecule has 1 heterocycles. The minimum Gasteiger partial charge on any atom is -0.490 e. The molecule has 0 spiro atoms. The van der Waals surface area contributed by atoms with E-state index in [0.717, 1.165) is 12.8 Å². The van der Waals surface area contributed by atoms with Gasteiger partial charge < -0.3 is 14.8 Å². The van der Waals surface area contributed by atoms with Crippen LogP contribution >= 0.6 is 11.3 Å². The zero-order valence-corrected chi connectivity index (χ0v) is 20.7. The third-order valence-electron chi connectivity index (χ3n) is 4.65. The molecule has 0 fully saturated rings. The summed E-state index contributed by atoms with van der Waals surface area (Å²) in [6, 6.07) is 11.2. The van der Waals surface area contributed by atoms with Crippen LogP contribution in [0.4, 0.5) is 20.9 Å². The van der Waals surface area contributed by atoms with Gasteiger partial charge in [-0.3, -0.25) is 14.5 Å². The molecular weight excluding hydrogens is 469 g/mol. The first-order valence-corrected chi connectivity index (χ1v) is 12.2. The number of hydrogen-bond donors (Lipinski definition) is 1. The number of hydrogen-bond acceptors (Lipinski definition) is 6. The van der Waals surface area contributed by atoms with Crippen molar-refractivity contribution < 1.29 is 23.5 Å². The molecule has 0 radical (unpaired) electrons. The Kier molecular flexibility index (Phi) is 9.37. The molecule has 0 bridgehead atoms. The Labute approximate surface area is 208 Å². The van der Waals surface area contributed by atoms with Gasteiger partial charge in [0.25, 0.3) is 0 Å². The van der Waals surface area contributed by atoms with E-state index in [4.69, 9.17) is 9.47 Å². The summed E-state index contributed by atoms with van der Waals surface area (Å²) in [6.45, 7) is 6.49. The number of anilines is 3. The molecule has 0 saturated heterocycles. The maximum atomic E-state index is 14.2. The predicted octanol–water partition coefficient (Wildman–Crippen LogP) is 6.20. The minimum atomic E-state index is -0.525. The Morgan fingerprint density at radius 3 is 2.49 bits per heavy atom. The van der Waals surface area contributed by atoms with Crippen molar-refractivity contribution in [3.63, 3.8) is 0 Å². The quantitative estimate of drug-likeness (QED) is 0.319. The summed E-state index contributed by atoms with van der Waals surface area (Å²) in [7, 11) is 0. The SMILES string of the molecule is CCCOc1ccc(NC(=O)/C=C/c2csc(N(C(C)=O)c3ccccc3F)n2)cc1OCCC. The molecule has 2 aromatic carbocycles. The Morgan fingerprint density at radius 2 is 1.80 bits per heavy atom. The summed E-state index contributed by atoms with van der Waals surface area (Å²) in [5.41, 5.74) is 1.16. The normalized spacial score (nSPS) is 10.9. The summed E-state index contributed by atoms with van der Waals surface area (Å²) in [5, 5.41) is 4.79. The highest BCUT2D eigenvalue weighted by Crippen LogP contribution is 2.32. The molecule has 7 nitrogen and oxygen atoms in total. The third-order valence-corrected chi connectivity index (χ3v) is 5.49. The zero-order chi connectivity index (χ0) is 25.2. The average molecular weight is 498 g/mol. The second-order valence-corrected chi connectivity index (χ2v) is 8.38. The molecule has 0 aliphatic heterocycles. The number of benzene rings is 2. The fourth-order valence-electron chi connectivity index (χ4n) is 3.08. The largest absolute Gasteiger partial charge is 0.490 e. The van der Waals surface area contributed by atoms with Crippen molar-refractivity contribution in [2.45, 2.75) is 33.6 Å². The van der Waals surface area contributed by atoms with Crippen molar-refractivity contribution in [3.05, 3.63) is 65.4 Å². The number of para-hydroxylation sites is 1. The molecule has 9 heteroatoms. The van der Waals surface area contributed by atoms with E-state index in [-0.39, 0.29) is 17.5 Å². The van der Waals surface area contributed by atoms with E-state index >= 15 is 0 Å². The van der Waals surface area contributed by atoms with Gasteiger partial charge in [0.2, 0.25) is 11.8 Å². The maximum Gasteiger partial charge on any atom is 0.248 e. The van der Waals surface area contributed by atoms with Gasteiger partial charge in [-0.2, -0.15) is 0 Å². The van der Waals surface area contributed by atoms with Crippen LogP contribution in [0.2, 0.25) is 0 Å². The first-order chi connectivity index (χ1) is 16.9. The Morgan fingerprint density at radius 1 is 1.09 bits per heavy atom. The van der Waals surface area contributed by atoms with Crippen LogP contribution < -0.4 is 19.7 Å². The number of amides is 2. The summed E-state index contributed by atoms with van der Waals surface area (Å²) in [6.07, 6.45) is 4.59. The van der Waals surface area contributed by atoms with Crippen LogP contribution in [0.25, 0.3) is 6.08 Å². The highest BCUT2D eigenvalue weighted by atomic mass is 32.1. The second kappa shape index (κ2) is 12.7. The minimum absolute atomic E-state index is 0.120. The van der Waals surface area contributed by atoms with E-state index in [0.29, 0.717) is 41.2 Å². The Balaban J connectivity index is 1.70. The molecule has 1 aromatic heterocycles. The van der Waals surface area contributed by atoms with Gasteiger partial charge in [0, 0.05) is 30.1 Å². The summed E-state index contributed by atoms with van der Waals surface area (Å²) < 4.78 is 25.7. The summed E-state index contributed by atoms with van der Waals surface area (Å²) in [5.74, 6) is -0.0499. The zero-order valence-electron chi connectivity index (χ0n) is 19.9. The number of carbonyl (C=O) groups excluding carboxylic acids is 2. The molecule has 0 saturated carbocycles. The fourth-order valence-corrected chi connectivity index (χ4v) is 3.93. The van der Waals surface area contributed by atoms with Crippen LogP contribution in [0.15, 0.2) is 53.9 Å². The van der Waals surface area contributed by atoms with Gasteiger partial charge in [-0.25, -0.2) is 9.37 Å². The molecule has 3 rings (SSSR count). The van der Waals surface area contributed by atoms with Gasteiger partial charge in [0.05, 0.1) is 24.6 Å². The monoisotopic (exact) mass is 497 g/mol. The number of carbonyl (C=O) groups is 2. The van der Waals surface area contributed by atoms with E-state index in [9.17, 15) is 14.0 Å². The smallest absolute Gasteiger partial charge is 0.248 e. The average Bonchev–Trinajstić information content (AvgIpc) is 3.30. The lowest BCUT2D eigenvalue weighted by Gasteiger charge is -2.18. The van der Waals surface area contributed by atoms with Crippen LogP contribution in [-0.2, 0) is 9.59 Å².